The van der Waals surface area contributed by atoms with Crippen LogP contribution in [0.3, 0.4) is 0 Å². The number of ketones is 1. The molecule has 4 nitrogen and oxygen atoms in total. The molecule has 8 atom stereocenters. The monoisotopic (exact) mass is 434 g/mol. The van der Waals surface area contributed by atoms with Crippen molar-refractivity contribution in [1.29, 1.82) is 0 Å². The maximum absolute atomic E-state index is 16.4. The van der Waals surface area contributed by atoms with Crippen molar-refractivity contribution in [2.45, 2.75) is 82.9 Å². The van der Waals surface area contributed by atoms with Crippen molar-refractivity contribution < 1.29 is 14.3 Å². The van der Waals surface area contributed by atoms with E-state index in [0.29, 0.717) is 43.4 Å². The van der Waals surface area contributed by atoms with Crippen LogP contribution in [0.15, 0.2) is 11.6 Å². The highest BCUT2D eigenvalue weighted by Gasteiger charge is 2.63. The Bertz CT molecular complexity index is 799. The first-order valence-corrected chi connectivity index (χ1v) is 12.7. The van der Waals surface area contributed by atoms with Gasteiger partial charge in [0.1, 0.15) is 5.67 Å². The molecule has 0 amide bonds. The minimum atomic E-state index is -1.11. The Hall–Kier alpha value is -1.01. The van der Waals surface area contributed by atoms with Crippen LogP contribution < -0.4 is 5.32 Å². The molecule has 4 saturated carbocycles. The van der Waals surface area contributed by atoms with E-state index in [2.05, 4.69) is 17.2 Å². The second kappa shape index (κ2) is 7.26. The van der Waals surface area contributed by atoms with Gasteiger partial charge in [0.05, 0.1) is 12.1 Å². The number of rotatable bonds is 4. The Morgan fingerprint density at radius 1 is 1.20 bits per heavy atom. The van der Waals surface area contributed by atoms with Gasteiger partial charge in [-0.15, -0.1) is 11.3 Å². The van der Waals surface area contributed by atoms with Crippen molar-refractivity contribution in [2.24, 2.45) is 35.0 Å². The van der Waals surface area contributed by atoms with Gasteiger partial charge in [-0.2, -0.15) is 0 Å². The quantitative estimate of drug-likeness (QED) is 0.681. The van der Waals surface area contributed by atoms with Gasteiger partial charge in [-0.3, -0.25) is 4.79 Å². The number of carbonyl (C=O) groups excluding carboxylic acids is 1. The van der Waals surface area contributed by atoms with E-state index in [1.165, 1.54) is 11.3 Å². The van der Waals surface area contributed by atoms with Gasteiger partial charge in [-0.1, -0.05) is 6.92 Å². The minimum absolute atomic E-state index is 0.00612. The molecule has 4 fully saturated rings. The van der Waals surface area contributed by atoms with Crippen LogP contribution in [0.2, 0.25) is 0 Å². The lowest BCUT2D eigenvalue weighted by molar-refractivity contribution is -0.165. The van der Waals surface area contributed by atoms with Crippen LogP contribution in [-0.4, -0.2) is 33.7 Å². The zero-order valence-corrected chi connectivity index (χ0v) is 19.0. The summed E-state index contributed by atoms with van der Waals surface area (Å²) in [4.78, 5) is 17.4. The Morgan fingerprint density at radius 2 is 2.03 bits per heavy atom. The highest BCUT2D eigenvalue weighted by molar-refractivity contribution is 7.13. The van der Waals surface area contributed by atoms with Gasteiger partial charge in [-0.05, 0) is 93.8 Å². The summed E-state index contributed by atoms with van der Waals surface area (Å²) < 4.78 is 16.4. The van der Waals surface area contributed by atoms with Crippen molar-refractivity contribution in [3.8, 4) is 0 Å². The highest BCUT2D eigenvalue weighted by atomic mass is 32.1. The lowest BCUT2D eigenvalue weighted by Gasteiger charge is -2.59. The lowest BCUT2D eigenvalue weighted by Crippen LogP contribution is -2.58. The van der Waals surface area contributed by atoms with Gasteiger partial charge in [0.25, 0.3) is 0 Å². The second-order valence-corrected chi connectivity index (χ2v) is 12.0. The SMILES string of the molecule is C[C@@]1(O)CC[C@@]2(F)[C@H](CC[C@H]3[C@@H]4CC[C@H](C(=O)CNc5nccs5)[C@@]4(C)CC[C@@H]32)C1. The number of nitrogens with zero attached hydrogens (tertiary/aromatic N) is 1. The van der Waals surface area contributed by atoms with Crippen molar-refractivity contribution in [3.63, 3.8) is 0 Å². The van der Waals surface area contributed by atoms with E-state index in [1.54, 1.807) is 6.20 Å². The Balaban J connectivity index is 1.31. The number of thiazole rings is 1. The van der Waals surface area contributed by atoms with Crippen LogP contribution in [0.25, 0.3) is 0 Å². The van der Waals surface area contributed by atoms with E-state index in [0.717, 1.165) is 43.7 Å². The second-order valence-electron chi connectivity index (χ2n) is 11.1. The molecule has 4 aliphatic rings. The molecule has 0 unspecified atom stereocenters. The zero-order valence-electron chi connectivity index (χ0n) is 18.2. The summed E-state index contributed by atoms with van der Waals surface area (Å²) >= 11 is 1.52. The van der Waals surface area contributed by atoms with Crippen LogP contribution in [0, 0.1) is 35.0 Å². The van der Waals surface area contributed by atoms with Crippen LogP contribution in [-0.2, 0) is 4.79 Å². The fourth-order valence-corrected chi connectivity index (χ4v) is 8.63. The summed E-state index contributed by atoms with van der Waals surface area (Å²) in [5, 5.41) is 16.4. The third-order valence-electron chi connectivity index (χ3n) is 9.55. The number of hydrogen-bond acceptors (Lipinski definition) is 5. The van der Waals surface area contributed by atoms with Gasteiger partial charge in [0.2, 0.25) is 0 Å². The molecule has 0 bridgehead atoms. The lowest BCUT2D eigenvalue weighted by atomic mass is 9.48. The molecule has 1 aromatic heterocycles. The molecule has 0 saturated heterocycles. The molecular weight excluding hydrogens is 399 g/mol. The molecule has 1 heterocycles. The summed E-state index contributed by atoms with van der Waals surface area (Å²) in [7, 11) is 0. The molecule has 1 aromatic rings. The predicted molar refractivity (Wildman–Crippen MR) is 117 cm³/mol. The van der Waals surface area contributed by atoms with Crippen LogP contribution in [0.4, 0.5) is 9.52 Å². The number of carbonyl (C=O) groups is 1. The standard InChI is InChI=1S/C24H35FN2O2S/c1-22(29)9-10-24(25)15(13-22)3-4-16-17-5-6-19(23(17,2)8-7-18(16)24)20(28)14-27-21-26-11-12-30-21/h11-12,15-19,29H,3-10,13-14H2,1-2H3,(H,26,27)/t15-,16+,17+,18+,19-,22-,23+,24-/m1/s1. The van der Waals surface area contributed by atoms with E-state index in [1.807, 2.05) is 12.3 Å². The first-order chi connectivity index (χ1) is 14.2. The Kier molecular flexibility index (Phi) is 5.05. The molecular formula is C24H35FN2O2S. The van der Waals surface area contributed by atoms with Gasteiger partial charge < -0.3 is 10.4 Å². The van der Waals surface area contributed by atoms with E-state index < -0.39 is 11.3 Å². The van der Waals surface area contributed by atoms with Crippen LogP contribution in [0.1, 0.15) is 71.6 Å². The first-order valence-electron chi connectivity index (χ1n) is 11.8. The Labute approximate surface area is 183 Å². The normalized spacial score (nSPS) is 47.8. The summed E-state index contributed by atoms with van der Waals surface area (Å²) in [5.41, 5.74) is -1.81. The molecule has 4 aliphatic carbocycles. The summed E-state index contributed by atoms with van der Waals surface area (Å²) in [6.45, 7) is 4.54. The first kappa shape index (κ1) is 20.9. The number of fused-ring (bicyclic) bond motifs is 5. The van der Waals surface area contributed by atoms with Crippen molar-refractivity contribution in [1.82, 2.24) is 4.98 Å². The summed E-state index contributed by atoms with van der Waals surface area (Å²) in [6.07, 6.45) is 9.27. The van der Waals surface area contributed by atoms with Crippen molar-refractivity contribution in [2.75, 3.05) is 11.9 Å². The molecule has 0 aromatic carbocycles. The van der Waals surface area contributed by atoms with Gasteiger partial charge in [-0.25, -0.2) is 9.37 Å². The number of aliphatic hydroxyl groups is 1. The number of halogens is 1. The third-order valence-corrected chi connectivity index (χ3v) is 10.3. The average molecular weight is 435 g/mol. The number of Topliss-reactive ketones (excluding diaryl/α,β-unsaturated/α-hetero) is 1. The van der Waals surface area contributed by atoms with Gasteiger partial charge in [0, 0.05) is 17.5 Å². The molecule has 0 radical (unpaired) electrons. The van der Waals surface area contributed by atoms with E-state index in [9.17, 15) is 9.90 Å². The van der Waals surface area contributed by atoms with Crippen LogP contribution in [0.5, 0.6) is 0 Å². The molecule has 6 heteroatoms. The largest absolute Gasteiger partial charge is 0.390 e. The molecule has 166 valence electrons. The maximum atomic E-state index is 16.4. The van der Waals surface area contributed by atoms with Gasteiger partial charge >= 0.3 is 0 Å². The van der Waals surface area contributed by atoms with Crippen molar-refractivity contribution in [3.05, 3.63) is 11.6 Å². The number of aromatic nitrogens is 1. The number of nitrogens with one attached hydrogen (secondary N) is 1. The van der Waals surface area contributed by atoms with Crippen molar-refractivity contribution >= 4 is 22.3 Å². The molecule has 0 spiro atoms. The number of alkyl halides is 1. The fourth-order valence-electron chi connectivity index (χ4n) is 8.10. The minimum Gasteiger partial charge on any atom is -0.390 e. The van der Waals surface area contributed by atoms with E-state index in [4.69, 9.17) is 0 Å². The van der Waals surface area contributed by atoms with E-state index >= 15 is 4.39 Å². The average Bonchev–Trinajstić information content (AvgIpc) is 3.33. The maximum Gasteiger partial charge on any atom is 0.182 e. The summed E-state index contributed by atoms with van der Waals surface area (Å²) in [6, 6.07) is 0. The summed E-state index contributed by atoms with van der Waals surface area (Å²) in [5.74, 6) is 1.36. The zero-order chi connectivity index (χ0) is 21.1. The van der Waals surface area contributed by atoms with Crippen LogP contribution >= 0.6 is 11.3 Å². The van der Waals surface area contributed by atoms with E-state index in [-0.39, 0.29) is 23.2 Å². The Morgan fingerprint density at radius 3 is 2.80 bits per heavy atom. The predicted octanol–water partition coefficient (Wildman–Crippen LogP) is 5.24. The number of anilines is 1. The smallest absolute Gasteiger partial charge is 0.182 e. The fraction of sp³-hybridized carbons (Fsp3) is 0.833. The molecule has 30 heavy (non-hydrogen) atoms. The molecule has 0 aliphatic heterocycles. The molecule has 5 rings (SSSR count). The third kappa shape index (κ3) is 3.24. The van der Waals surface area contributed by atoms with Gasteiger partial charge in [0.15, 0.2) is 10.9 Å². The topological polar surface area (TPSA) is 62.2 Å². The molecule has 2 N–H and O–H groups in total. The highest BCUT2D eigenvalue weighted by Crippen LogP contribution is 2.66. The number of hydrogen-bond donors (Lipinski definition) is 2.